The van der Waals surface area contributed by atoms with Gasteiger partial charge in [0.1, 0.15) is 0 Å². The largest absolute Gasteiger partial charge is 0.465 e. The summed E-state index contributed by atoms with van der Waals surface area (Å²) in [6.45, 7) is 6.45. The first-order valence-corrected chi connectivity index (χ1v) is 12.5. The summed E-state index contributed by atoms with van der Waals surface area (Å²) in [5, 5.41) is 5.38. The molecule has 5 nitrogen and oxygen atoms in total. The number of rotatable bonds is 5. The number of esters is 1. The second-order valence-electron chi connectivity index (χ2n) is 10.9. The molecular weight excluding hydrogens is 526 g/mol. The van der Waals surface area contributed by atoms with E-state index in [4.69, 9.17) is 0 Å². The Labute approximate surface area is 223 Å². The van der Waals surface area contributed by atoms with Gasteiger partial charge in [0.15, 0.2) is 0 Å². The van der Waals surface area contributed by atoms with Crippen molar-refractivity contribution in [3.63, 3.8) is 0 Å². The summed E-state index contributed by atoms with van der Waals surface area (Å²) in [5.74, 6) is -0.196. The van der Waals surface area contributed by atoms with Crippen molar-refractivity contribution >= 4 is 12.0 Å². The predicted octanol–water partition coefficient (Wildman–Crippen LogP) is 7.50. The molecule has 0 bridgehead atoms. The van der Waals surface area contributed by atoms with E-state index in [-0.39, 0.29) is 28.7 Å². The second kappa shape index (κ2) is 11.5. The number of ether oxygens (including phenoxy) is 1. The lowest BCUT2D eigenvalue weighted by Gasteiger charge is -2.37. The number of nitrogens with one attached hydrogen (secondary N) is 2. The standard InChI is InChI=1S/C28H32F6N2O3/c1-26(2,3)19-9-11-22(12-10-19)35-25(38)36-23(16-5-7-17(8-6-16)24(37)39-4)18-13-20(27(29,30)31)15-21(14-18)28(32,33)34/h5-8,13-15,19,22-23H,9-12H2,1-4H3,(H2,35,36,38)/t19-,22-,23?. The van der Waals surface area contributed by atoms with Gasteiger partial charge in [-0.25, -0.2) is 9.59 Å². The van der Waals surface area contributed by atoms with Crippen LogP contribution in [0, 0.1) is 11.3 Å². The quantitative estimate of drug-likeness (QED) is 0.295. The van der Waals surface area contributed by atoms with Crippen LogP contribution in [0.3, 0.4) is 0 Å². The number of amides is 2. The molecule has 39 heavy (non-hydrogen) atoms. The van der Waals surface area contributed by atoms with E-state index in [1.807, 2.05) is 0 Å². The molecule has 0 aliphatic heterocycles. The van der Waals surface area contributed by atoms with Crippen molar-refractivity contribution < 1.29 is 40.7 Å². The topological polar surface area (TPSA) is 67.4 Å². The zero-order chi connectivity index (χ0) is 29.2. The van der Waals surface area contributed by atoms with Gasteiger partial charge in [0.05, 0.1) is 29.8 Å². The minimum absolute atomic E-state index is 0.0364. The SMILES string of the molecule is COC(=O)c1ccc(C(NC(=O)N[C@H]2CC[C@H](C(C)(C)C)CC2)c2cc(C(F)(F)F)cc(C(F)(F)F)c2)cc1. The number of benzene rings is 2. The second-order valence-corrected chi connectivity index (χ2v) is 10.9. The monoisotopic (exact) mass is 558 g/mol. The van der Waals surface area contributed by atoms with E-state index in [9.17, 15) is 35.9 Å². The fourth-order valence-electron chi connectivity index (χ4n) is 4.90. The highest BCUT2D eigenvalue weighted by Crippen LogP contribution is 2.39. The summed E-state index contributed by atoms with van der Waals surface area (Å²) >= 11 is 0. The van der Waals surface area contributed by atoms with Crippen LogP contribution < -0.4 is 10.6 Å². The molecule has 2 aromatic carbocycles. The van der Waals surface area contributed by atoms with Crippen molar-refractivity contribution in [3.8, 4) is 0 Å². The van der Waals surface area contributed by atoms with Crippen molar-refractivity contribution in [2.75, 3.05) is 7.11 Å². The summed E-state index contributed by atoms with van der Waals surface area (Å²) < 4.78 is 85.9. The Morgan fingerprint density at radius 1 is 0.821 bits per heavy atom. The van der Waals surface area contributed by atoms with E-state index in [1.54, 1.807) is 0 Å². The summed E-state index contributed by atoms with van der Waals surface area (Å²) in [6, 6.07) is 4.27. The summed E-state index contributed by atoms with van der Waals surface area (Å²) in [7, 11) is 1.17. The van der Waals surface area contributed by atoms with E-state index in [1.165, 1.54) is 31.4 Å². The van der Waals surface area contributed by atoms with Crippen molar-refractivity contribution in [2.45, 2.75) is 70.9 Å². The molecule has 1 aliphatic rings. The summed E-state index contributed by atoms with van der Waals surface area (Å²) in [4.78, 5) is 24.8. The van der Waals surface area contributed by atoms with Crippen molar-refractivity contribution in [1.29, 1.82) is 0 Å². The lowest BCUT2D eigenvalue weighted by atomic mass is 9.71. The molecule has 0 radical (unpaired) electrons. The van der Waals surface area contributed by atoms with E-state index >= 15 is 0 Å². The van der Waals surface area contributed by atoms with Gasteiger partial charge in [0, 0.05) is 6.04 Å². The molecule has 11 heteroatoms. The molecule has 2 N–H and O–H groups in total. The van der Waals surface area contributed by atoms with Crippen LogP contribution >= 0.6 is 0 Å². The Kier molecular flexibility index (Phi) is 8.92. The van der Waals surface area contributed by atoms with Crippen molar-refractivity contribution in [3.05, 3.63) is 70.3 Å². The Bertz CT molecular complexity index is 1130. The number of hydrogen-bond acceptors (Lipinski definition) is 3. The number of carbonyl (C=O) groups excluding carboxylic acids is 2. The van der Waals surface area contributed by atoms with Gasteiger partial charge in [-0.1, -0.05) is 32.9 Å². The van der Waals surface area contributed by atoms with Gasteiger partial charge in [-0.15, -0.1) is 0 Å². The molecule has 1 saturated carbocycles. The Balaban J connectivity index is 1.94. The molecule has 0 aromatic heterocycles. The highest BCUT2D eigenvalue weighted by Gasteiger charge is 2.38. The fourth-order valence-corrected chi connectivity index (χ4v) is 4.90. The van der Waals surface area contributed by atoms with E-state index < -0.39 is 47.1 Å². The van der Waals surface area contributed by atoms with Crippen molar-refractivity contribution in [2.24, 2.45) is 11.3 Å². The highest BCUT2D eigenvalue weighted by molar-refractivity contribution is 5.89. The third-order valence-corrected chi connectivity index (χ3v) is 7.17. The lowest BCUT2D eigenvalue weighted by Crippen LogP contribution is -2.45. The number of alkyl halides is 6. The van der Waals surface area contributed by atoms with Gasteiger partial charge in [-0.3, -0.25) is 0 Å². The molecule has 1 unspecified atom stereocenters. The lowest BCUT2D eigenvalue weighted by molar-refractivity contribution is -0.143. The zero-order valence-electron chi connectivity index (χ0n) is 22.1. The Hall–Kier alpha value is -3.24. The van der Waals surface area contributed by atoms with E-state index in [2.05, 4.69) is 36.1 Å². The Morgan fingerprint density at radius 2 is 1.33 bits per heavy atom. The van der Waals surface area contributed by atoms with Crippen LogP contribution in [0.2, 0.25) is 0 Å². The number of halogens is 6. The van der Waals surface area contributed by atoms with Gasteiger partial charge in [0.2, 0.25) is 0 Å². The number of urea groups is 1. The van der Waals surface area contributed by atoms with Gasteiger partial charge in [-0.05, 0) is 78.5 Å². The van der Waals surface area contributed by atoms with Crippen LogP contribution in [0.25, 0.3) is 0 Å². The van der Waals surface area contributed by atoms with E-state index in [0.717, 1.165) is 12.8 Å². The molecular formula is C28H32F6N2O3. The van der Waals surface area contributed by atoms with Crippen LogP contribution in [0.1, 0.15) is 85.1 Å². The maximum atomic E-state index is 13.6. The van der Waals surface area contributed by atoms with Crippen LogP contribution in [-0.4, -0.2) is 25.2 Å². The first-order valence-electron chi connectivity index (χ1n) is 12.5. The molecule has 2 aromatic rings. The average molecular weight is 559 g/mol. The number of carbonyl (C=O) groups is 2. The minimum Gasteiger partial charge on any atom is -0.465 e. The smallest absolute Gasteiger partial charge is 0.416 e. The van der Waals surface area contributed by atoms with Crippen LogP contribution in [0.5, 0.6) is 0 Å². The maximum Gasteiger partial charge on any atom is 0.416 e. The van der Waals surface area contributed by atoms with Crippen molar-refractivity contribution in [1.82, 2.24) is 10.6 Å². The minimum atomic E-state index is -5.05. The van der Waals surface area contributed by atoms with Gasteiger partial charge in [0.25, 0.3) is 0 Å². The molecule has 0 heterocycles. The van der Waals surface area contributed by atoms with Crippen LogP contribution in [-0.2, 0) is 17.1 Å². The molecule has 0 saturated heterocycles. The number of methoxy groups -OCH3 is 1. The maximum absolute atomic E-state index is 13.6. The third kappa shape index (κ3) is 7.89. The van der Waals surface area contributed by atoms with Gasteiger partial charge >= 0.3 is 24.4 Å². The molecule has 1 atom stereocenters. The molecule has 1 fully saturated rings. The molecule has 2 amide bonds. The molecule has 1 aliphatic carbocycles. The third-order valence-electron chi connectivity index (χ3n) is 7.17. The summed E-state index contributed by atoms with van der Waals surface area (Å²) in [5.41, 5.74) is -2.97. The van der Waals surface area contributed by atoms with Crippen LogP contribution in [0.4, 0.5) is 31.1 Å². The summed E-state index contributed by atoms with van der Waals surface area (Å²) in [6.07, 6.45) is -6.93. The van der Waals surface area contributed by atoms with Crippen LogP contribution in [0.15, 0.2) is 42.5 Å². The first-order chi connectivity index (χ1) is 18.0. The first kappa shape index (κ1) is 30.3. The Morgan fingerprint density at radius 3 is 1.77 bits per heavy atom. The molecule has 0 spiro atoms. The number of hydrogen-bond donors (Lipinski definition) is 2. The molecule has 3 rings (SSSR count). The fraction of sp³-hybridized carbons (Fsp3) is 0.500. The normalized spacial score (nSPS) is 19.2. The molecule has 214 valence electrons. The van der Waals surface area contributed by atoms with E-state index in [0.29, 0.717) is 30.9 Å². The van der Waals surface area contributed by atoms with Gasteiger partial charge < -0.3 is 15.4 Å². The predicted molar refractivity (Wildman–Crippen MR) is 133 cm³/mol. The highest BCUT2D eigenvalue weighted by atomic mass is 19.4. The average Bonchev–Trinajstić information content (AvgIpc) is 2.85. The zero-order valence-corrected chi connectivity index (χ0v) is 22.1. The van der Waals surface area contributed by atoms with Gasteiger partial charge in [-0.2, -0.15) is 26.3 Å².